The van der Waals surface area contributed by atoms with Crippen molar-refractivity contribution < 1.29 is 19.1 Å². The van der Waals surface area contributed by atoms with Gasteiger partial charge in [0.25, 0.3) is 0 Å². The van der Waals surface area contributed by atoms with Crippen LogP contribution in [-0.4, -0.2) is 24.8 Å². The highest BCUT2D eigenvalue weighted by molar-refractivity contribution is 6.41. The fourth-order valence-corrected chi connectivity index (χ4v) is 2.73. The third-order valence-corrected chi connectivity index (χ3v) is 3.78. The predicted molar refractivity (Wildman–Crippen MR) is 91.9 cm³/mol. The Labute approximate surface area is 140 Å². The van der Waals surface area contributed by atoms with Crippen LogP contribution < -0.4 is 9.47 Å². The first-order valence-corrected chi connectivity index (χ1v) is 7.95. The maximum Gasteiger partial charge on any atom is 0.197 e. The number of Topliss-reactive ketones (excluding diaryl/α,β-unsaturated/α-hetero) is 2. The van der Waals surface area contributed by atoms with Gasteiger partial charge in [-0.2, -0.15) is 0 Å². The number of ketones is 2. The Morgan fingerprint density at radius 3 is 2.00 bits per heavy atom. The lowest BCUT2D eigenvalue weighted by Gasteiger charge is -2.11. The van der Waals surface area contributed by atoms with Crippen molar-refractivity contribution in [3.8, 4) is 11.5 Å². The lowest BCUT2D eigenvalue weighted by atomic mass is 10.1. The van der Waals surface area contributed by atoms with E-state index in [1.54, 1.807) is 42.5 Å². The number of allylic oxidation sites excluding steroid dienone is 1. The van der Waals surface area contributed by atoms with E-state index in [2.05, 4.69) is 0 Å². The summed E-state index contributed by atoms with van der Waals surface area (Å²) in [6.07, 6.45) is 1.61. The van der Waals surface area contributed by atoms with Crippen LogP contribution in [0.1, 0.15) is 40.1 Å². The molecule has 0 spiro atoms. The third kappa shape index (κ3) is 2.83. The van der Waals surface area contributed by atoms with Crippen molar-refractivity contribution in [3.05, 3.63) is 64.7 Å². The maximum atomic E-state index is 12.4. The fourth-order valence-electron chi connectivity index (χ4n) is 2.73. The molecular formula is C20H18O4. The zero-order valence-electron chi connectivity index (χ0n) is 13.7. The van der Waals surface area contributed by atoms with Crippen LogP contribution in [0.2, 0.25) is 0 Å². The number of ether oxygens (including phenoxy) is 2. The zero-order chi connectivity index (χ0) is 17.1. The average molecular weight is 322 g/mol. The van der Waals surface area contributed by atoms with Gasteiger partial charge in [0.05, 0.1) is 18.8 Å². The van der Waals surface area contributed by atoms with E-state index in [1.807, 2.05) is 19.9 Å². The van der Waals surface area contributed by atoms with E-state index in [1.165, 1.54) is 0 Å². The molecule has 0 bridgehead atoms. The van der Waals surface area contributed by atoms with Gasteiger partial charge in [0.15, 0.2) is 23.1 Å². The largest absolute Gasteiger partial charge is 0.490 e. The molecule has 0 aromatic heterocycles. The van der Waals surface area contributed by atoms with Crippen molar-refractivity contribution >= 4 is 17.6 Å². The number of hydrogen-bond acceptors (Lipinski definition) is 4. The molecule has 4 nitrogen and oxygen atoms in total. The molecule has 0 saturated carbocycles. The molecule has 4 heteroatoms. The average Bonchev–Trinajstić information content (AvgIpc) is 2.83. The molecule has 0 unspecified atom stereocenters. The van der Waals surface area contributed by atoms with E-state index in [4.69, 9.17) is 9.47 Å². The highest BCUT2D eigenvalue weighted by Gasteiger charge is 2.32. The minimum atomic E-state index is -0.234. The molecular weight excluding hydrogens is 304 g/mol. The SMILES string of the molecule is CCOc1ccc(C=C2C(=O)c3ccccc3C2=O)cc1OCC. The maximum absolute atomic E-state index is 12.4. The van der Waals surface area contributed by atoms with Gasteiger partial charge < -0.3 is 9.47 Å². The Morgan fingerprint density at radius 1 is 0.833 bits per heavy atom. The van der Waals surface area contributed by atoms with E-state index in [0.717, 1.165) is 5.56 Å². The number of rotatable bonds is 5. The molecule has 0 fully saturated rings. The molecule has 2 aromatic carbocycles. The first kappa shape index (κ1) is 16.0. The van der Waals surface area contributed by atoms with Crippen LogP contribution in [0.3, 0.4) is 0 Å². The van der Waals surface area contributed by atoms with Crippen LogP contribution in [0.25, 0.3) is 6.08 Å². The summed E-state index contributed by atoms with van der Waals surface area (Å²) >= 11 is 0. The van der Waals surface area contributed by atoms with Crippen molar-refractivity contribution in [2.24, 2.45) is 0 Å². The summed E-state index contributed by atoms with van der Waals surface area (Å²) in [5, 5.41) is 0. The molecule has 0 saturated heterocycles. The van der Waals surface area contributed by atoms with Crippen molar-refractivity contribution in [2.75, 3.05) is 13.2 Å². The fraction of sp³-hybridized carbons (Fsp3) is 0.200. The van der Waals surface area contributed by atoms with Crippen molar-refractivity contribution in [1.82, 2.24) is 0 Å². The highest BCUT2D eigenvalue weighted by Crippen LogP contribution is 2.32. The number of fused-ring (bicyclic) bond motifs is 1. The van der Waals surface area contributed by atoms with E-state index in [-0.39, 0.29) is 17.1 Å². The summed E-state index contributed by atoms with van der Waals surface area (Å²) in [5.41, 5.74) is 1.84. The first-order valence-electron chi connectivity index (χ1n) is 7.95. The zero-order valence-corrected chi connectivity index (χ0v) is 13.7. The van der Waals surface area contributed by atoms with Crippen molar-refractivity contribution in [1.29, 1.82) is 0 Å². The number of benzene rings is 2. The van der Waals surface area contributed by atoms with Gasteiger partial charge in [-0.25, -0.2) is 0 Å². The van der Waals surface area contributed by atoms with Gasteiger partial charge in [-0.05, 0) is 37.6 Å². The number of carbonyl (C=O) groups excluding carboxylic acids is 2. The topological polar surface area (TPSA) is 52.6 Å². The van der Waals surface area contributed by atoms with Gasteiger partial charge in [-0.1, -0.05) is 30.3 Å². The number of hydrogen-bond donors (Lipinski definition) is 0. The Balaban J connectivity index is 1.99. The first-order chi connectivity index (χ1) is 11.7. The molecule has 2 aromatic rings. The Bertz CT molecular complexity index is 796. The normalized spacial score (nSPS) is 13.0. The summed E-state index contributed by atoms with van der Waals surface area (Å²) < 4.78 is 11.1. The Kier molecular flexibility index (Phi) is 4.47. The van der Waals surface area contributed by atoms with Crippen LogP contribution in [0, 0.1) is 0 Å². The molecule has 0 atom stereocenters. The quantitative estimate of drug-likeness (QED) is 0.618. The van der Waals surface area contributed by atoms with Crippen LogP contribution >= 0.6 is 0 Å². The minimum Gasteiger partial charge on any atom is -0.490 e. The molecule has 0 radical (unpaired) electrons. The third-order valence-electron chi connectivity index (χ3n) is 3.78. The lowest BCUT2D eigenvalue weighted by molar-refractivity contribution is 0.0990. The molecule has 1 aliphatic carbocycles. The second-order valence-electron chi connectivity index (χ2n) is 5.33. The molecule has 0 N–H and O–H groups in total. The van der Waals surface area contributed by atoms with Gasteiger partial charge in [0, 0.05) is 11.1 Å². The Morgan fingerprint density at radius 2 is 1.42 bits per heavy atom. The van der Waals surface area contributed by atoms with Crippen molar-refractivity contribution in [3.63, 3.8) is 0 Å². The molecule has 0 heterocycles. The second kappa shape index (κ2) is 6.71. The van der Waals surface area contributed by atoms with Gasteiger partial charge in [0.1, 0.15) is 0 Å². The van der Waals surface area contributed by atoms with Gasteiger partial charge in [0.2, 0.25) is 0 Å². The van der Waals surface area contributed by atoms with Crippen LogP contribution in [0.15, 0.2) is 48.0 Å². The Hall–Kier alpha value is -2.88. The van der Waals surface area contributed by atoms with E-state index in [0.29, 0.717) is 35.8 Å². The molecule has 1 aliphatic rings. The molecule has 0 amide bonds. The molecule has 24 heavy (non-hydrogen) atoms. The predicted octanol–water partition coefficient (Wildman–Crippen LogP) is 3.95. The monoisotopic (exact) mass is 322 g/mol. The summed E-state index contributed by atoms with van der Waals surface area (Å²) in [4.78, 5) is 24.9. The second-order valence-corrected chi connectivity index (χ2v) is 5.33. The smallest absolute Gasteiger partial charge is 0.197 e. The summed E-state index contributed by atoms with van der Waals surface area (Å²) in [7, 11) is 0. The van der Waals surface area contributed by atoms with Gasteiger partial charge in [-0.3, -0.25) is 9.59 Å². The van der Waals surface area contributed by atoms with Crippen LogP contribution in [0.5, 0.6) is 11.5 Å². The van der Waals surface area contributed by atoms with E-state index >= 15 is 0 Å². The van der Waals surface area contributed by atoms with Gasteiger partial charge in [-0.15, -0.1) is 0 Å². The molecule has 0 aliphatic heterocycles. The van der Waals surface area contributed by atoms with Crippen LogP contribution in [-0.2, 0) is 0 Å². The standard InChI is InChI=1S/C20H18O4/c1-3-23-17-10-9-13(12-18(17)24-4-2)11-16-19(21)14-7-5-6-8-15(14)20(16)22/h5-12H,3-4H2,1-2H3. The van der Waals surface area contributed by atoms with Gasteiger partial charge >= 0.3 is 0 Å². The summed E-state index contributed by atoms with van der Waals surface area (Å²) in [6.45, 7) is 4.83. The van der Waals surface area contributed by atoms with E-state index < -0.39 is 0 Å². The summed E-state index contributed by atoms with van der Waals surface area (Å²) in [6, 6.07) is 12.3. The lowest BCUT2D eigenvalue weighted by Crippen LogP contribution is -2.01. The van der Waals surface area contributed by atoms with Crippen molar-refractivity contribution in [2.45, 2.75) is 13.8 Å². The van der Waals surface area contributed by atoms with Crippen LogP contribution in [0.4, 0.5) is 0 Å². The summed E-state index contributed by atoms with van der Waals surface area (Å²) in [5.74, 6) is 0.780. The molecule has 3 rings (SSSR count). The highest BCUT2D eigenvalue weighted by atomic mass is 16.5. The van der Waals surface area contributed by atoms with E-state index in [9.17, 15) is 9.59 Å². The minimum absolute atomic E-state index is 0.183. The number of carbonyl (C=O) groups is 2. The molecule has 122 valence electrons.